The van der Waals surface area contributed by atoms with E-state index in [1.165, 1.54) is 0 Å². The van der Waals surface area contributed by atoms with Gasteiger partial charge in [0.05, 0.1) is 12.8 Å². The topological polar surface area (TPSA) is 108 Å². The largest absolute Gasteiger partial charge is 0.462 e. The van der Waals surface area contributed by atoms with Crippen LogP contribution in [0.1, 0.15) is 130 Å². The molecule has 0 saturated heterocycles. The van der Waals surface area contributed by atoms with Gasteiger partial charge in [-0.15, -0.1) is 0 Å². The molecule has 0 radical (unpaired) electrons. The van der Waals surface area contributed by atoms with E-state index in [0.717, 1.165) is 80.5 Å². The van der Waals surface area contributed by atoms with Crippen LogP contribution in [0, 0.1) is 17.3 Å². The fraction of sp³-hybridized carbons (Fsp3) is 0.591. The quantitative estimate of drug-likeness (QED) is 0.0324. The van der Waals surface area contributed by atoms with Crippen LogP contribution in [0.15, 0.2) is 54.6 Å². The molecular weight excluding hydrogens is 670 g/mol. The van der Waals surface area contributed by atoms with Crippen LogP contribution in [-0.2, 0) is 44.7 Å². The molecular formula is C44H63NO8. The Morgan fingerprint density at radius 2 is 1.25 bits per heavy atom. The van der Waals surface area contributed by atoms with Gasteiger partial charge in [-0.2, -0.15) is 0 Å². The first-order valence-corrected chi connectivity index (χ1v) is 19.5. The molecule has 9 nitrogen and oxygen atoms in total. The van der Waals surface area contributed by atoms with Crippen molar-refractivity contribution in [2.75, 3.05) is 20.3 Å². The van der Waals surface area contributed by atoms with E-state index >= 15 is 0 Å². The molecule has 0 aliphatic carbocycles. The van der Waals surface area contributed by atoms with Crippen molar-refractivity contribution in [3.8, 4) is 11.8 Å². The molecule has 2 rings (SSSR count). The van der Waals surface area contributed by atoms with Crippen LogP contribution in [0.2, 0.25) is 0 Å². The van der Waals surface area contributed by atoms with E-state index in [1.807, 2.05) is 57.0 Å². The maximum atomic E-state index is 13.1. The van der Waals surface area contributed by atoms with Gasteiger partial charge in [0.15, 0.2) is 12.3 Å². The van der Waals surface area contributed by atoms with Crippen molar-refractivity contribution in [3.05, 3.63) is 60.2 Å². The van der Waals surface area contributed by atoms with Crippen molar-refractivity contribution in [1.82, 2.24) is 4.90 Å². The summed E-state index contributed by atoms with van der Waals surface area (Å²) in [5, 5.41) is 2.22. The molecule has 9 heteroatoms. The molecule has 0 heterocycles. The molecule has 53 heavy (non-hydrogen) atoms. The van der Waals surface area contributed by atoms with Gasteiger partial charge in [0.25, 0.3) is 0 Å². The zero-order valence-corrected chi connectivity index (χ0v) is 33.1. The Hall–Kier alpha value is -4.16. The smallest absolute Gasteiger partial charge is 0.308 e. The Bertz CT molecular complexity index is 1460. The van der Waals surface area contributed by atoms with Gasteiger partial charge in [-0.3, -0.25) is 24.1 Å². The molecule has 0 aliphatic rings. The van der Waals surface area contributed by atoms with E-state index in [1.54, 1.807) is 12.2 Å². The van der Waals surface area contributed by atoms with Crippen LogP contribution in [0.3, 0.4) is 0 Å². The number of ether oxygens (including phenoxy) is 4. The summed E-state index contributed by atoms with van der Waals surface area (Å²) >= 11 is 0. The first-order chi connectivity index (χ1) is 25.4. The molecule has 1 atom stereocenters. The zero-order valence-electron chi connectivity index (χ0n) is 33.1. The second-order valence-corrected chi connectivity index (χ2v) is 14.6. The summed E-state index contributed by atoms with van der Waals surface area (Å²) < 4.78 is 22.2. The minimum Gasteiger partial charge on any atom is -0.462 e. The number of hydrogen-bond acceptors (Lipinski definition) is 9. The van der Waals surface area contributed by atoms with Crippen LogP contribution in [0.5, 0.6) is 0 Å². The third-order valence-electron chi connectivity index (χ3n) is 8.44. The molecule has 0 fully saturated rings. The molecule has 292 valence electrons. The second kappa shape index (κ2) is 25.8. The monoisotopic (exact) mass is 733 g/mol. The number of allylic oxidation sites excluding steroid dienone is 1. The summed E-state index contributed by atoms with van der Waals surface area (Å²) in [6, 6.07) is 14.2. The lowest BCUT2D eigenvalue weighted by molar-refractivity contribution is -0.168. The number of carbonyl (C=O) groups excluding carboxylic acids is 4. The Kier molecular flexibility index (Phi) is 21.9. The maximum absolute atomic E-state index is 13.1. The van der Waals surface area contributed by atoms with Crippen molar-refractivity contribution in [1.29, 1.82) is 0 Å². The van der Waals surface area contributed by atoms with Gasteiger partial charge in [-0.1, -0.05) is 120 Å². The van der Waals surface area contributed by atoms with Crippen molar-refractivity contribution in [3.63, 3.8) is 0 Å². The highest BCUT2D eigenvalue weighted by Crippen LogP contribution is 2.21. The van der Waals surface area contributed by atoms with E-state index in [4.69, 9.17) is 18.9 Å². The van der Waals surface area contributed by atoms with E-state index in [-0.39, 0.29) is 44.3 Å². The lowest BCUT2D eigenvalue weighted by Crippen LogP contribution is -2.34. The number of benzene rings is 2. The molecule has 0 aliphatic heterocycles. The third-order valence-corrected chi connectivity index (χ3v) is 8.44. The summed E-state index contributed by atoms with van der Waals surface area (Å²) in [6.45, 7) is 10.3. The molecule has 2 aromatic rings. The van der Waals surface area contributed by atoms with Gasteiger partial charge in [-0.05, 0) is 69.1 Å². The Labute approximate surface area is 318 Å². The summed E-state index contributed by atoms with van der Waals surface area (Å²) in [5.41, 5.74) is 0.882. The highest BCUT2D eigenvalue weighted by atomic mass is 16.6. The summed E-state index contributed by atoms with van der Waals surface area (Å²) in [4.78, 5) is 52.7. The van der Waals surface area contributed by atoms with Gasteiger partial charge >= 0.3 is 23.9 Å². The summed E-state index contributed by atoms with van der Waals surface area (Å²) in [6.07, 6.45) is 11.6. The molecule has 0 amide bonds. The van der Waals surface area contributed by atoms with Gasteiger partial charge in [0.1, 0.15) is 13.2 Å². The average Bonchev–Trinajstić information content (AvgIpc) is 3.12. The Balaban J connectivity index is 2.02. The highest BCUT2D eigenvalue weighted by Gasteiger charge is 2.22. The number of hydrogen-bond donors (Lipinski definition) is 0. The molecule has 0 aromatic heterocycles. The van der Waals surface area contributed by atoms with Crippen LogP contribution in [-0.4, -0.2) is 61.4 Å². The second-order valence-electron chi connectivity index (χ2n) is 14.6. The fourth-order valence-corrected chi connectivity index (χ4v) is 5.47. The number of fused-ring (bicyclic) bond motifs is 1. The van der Waals surface area contributed by atoms with Crippen LogP contribution in [0.4, 0.5) is 0 Å². The van der Waals surface area contributed by atoms with E-state index in [0.29, 0.717) is 6.54 Å². The minimum absolute atomic E-state index is 0.192. The normalized spacial score (nSPS) is 12.1. The molecule has 1 unspecified atom stereocenters. The van der Waals surface area contributed by atoms with Crippen LogP contribution >= 0.6 is 0 Å². The fourth-order valence-electron chi connectivity index (χ4n) is 5.47. The number of rotatable bonds is 25. The van der Waals surface area contributed by atoms with Crippen molar-refractivity contribution < 1.29 is 38.1 Å². The number of nitrogens with zero attached hydrogens (tertiary/aromatic N) is 1. The number of unbranched alkanes of at least 4 members (excludes halogenated alkanes) is 8. The van der Waals surface area contributed by atoms with Crippen LogP contribution in [0.25, 0.3) is 10.8 Å². The average molecular weight is 734 g/mol. The minimum atomic E-state index is -0.990. The molecule has 2 aromatic carbocycles. The van der Waals surface area contributed by atoms with Crippen molar-refractivity contribution in [2.24, 2.45) is 5.41 Å². The zero-order chi connectivity index (χ0) is 38.9. The van der Waals surface area contributed by atoms with E-state index in [9.17, 15) is 19.2 Å². The predicted octanol–water partition coefficient (Wildman–Crippen LogP) is 9.25. The maximum Gasteiger partial charge on any atom is 0.308 e. The number of likely N-dealkylation sites (N-methyl/N-ethyl adjacent to an activating group) is 1. The Morgan fingerprint density at radius 3 is 1.83 bits per heavy atom. The van der Waals surface area contributed by atoms with Crippen LogP contribution < -0.4 is 0 Å². The predicted molar refractivity (Wildman–Crippen MR) is 209 cm³/mol. The van der Waals surface area contributed by atoms with Gasteiger partial charge in [0, 0.05) is 24.8 Å². The third kappa shape index (κ3) is 20.6. The lowest BCUT2D eigenvalue weighted by Gasteiger charge is -2.26. The summed E-state index contributed by atoms with van der Waals surface area (Å²) in [7, 11) is 1.86. The molecule has 0 N–H and O–H groups in total. The molecule has 0 saturated carbocycles. The first-order valence-electron chi connectivity index (χ1n) is 19.5. The van der Waals surface area contributed by atoms with Gasteiger partial charge in [0.2, 0.25) is 0 Å². The summed E-state index contributed by atoms with van der Waals surface area (Å²) in [5.74, 6) is 4.11. The van der Waals surface area contributed by atoms with Gasteiger partial charge < -0.3 is 18.9 Å². The molecule has 0 spiro atoms. The first kappa shape index (κ1) is 45.0. The standard InChI is InChI=1S/C44H63NO8/c1-7-9-11-13-15-27-40(46)50-33-37(34-51-41(47)28-16-14-12-10-8-2)52-42(48)29-30-43(49)53-39(26-19-20-31-44(3,4)5)45(6)32-36-24-21-23-35-22-17-18-25-38(35)36/h17-19,21-26,37,39H,7-16,27-30,32-34H2,1-6H3. The number of esters is 4. The van der Waals surface area contributed by atoms with Gasteiger partial charge in [-0.25, -0.2) is 0 Å². The van der Waals surface area contributed by atoms with E-state index in [2.05, 4.69) is 43.9 Å². The lowest BCUT2D eigenvalue weighted by atomic mass is 9.98. The van der Waals surface area contributed by atoms with Crippen molar-refractivity contribution >= 4 is 34.6 Å². The molecule has 0 bridgehead atoms. The van der Waals surface area contributed by atoms with Crippen molar-refractivity contribution in [2.45, 2.75) is 143 Å². The SMILES string of the molecule is CCCCCCCC(=O)OCC(COC(=O)CCCCCCC)OC(=O)CCC(=O)OC(C=CC#CC(C)(C)C)N(C)Cc1cccc2ccccc12. The van der Waals surface area contributed by atoms with E-state index < -0.39 is 36.2 Å². The number of carbonyl (C=O) groups is 4. The highest BCUT2D eigenvalue weighted by molar-refractivity contribution is 5.85. The Morgan fingerprint density at radius 1 is 0.698 bits per heavy atom.